The number of hydrogen-bond donors (Lipinski definition) is 11. The van der Waals surface area contributed by atoms with Crippen LogP contribution in [0.2, 0.25) is 0 Å². The molecule has 66 heavy (non-hydrogen) atoms. The van der Waals surface area contributed by atoms with Gasteiger partial charge in [-0.25, -0.2) is 4.98 Å². The fraction of sp³-hybridized carbons (Fsp3) is 0.596. The number of fused-ring (bicyclic) bond motifs is 8. The van der Waals surface area contributed by atoms with E-state index in [0.29, 0.717) is 6.42 Å². The molecule has 0 saturated carbocycles. The molecule has 0 aliphatic carbocycles. The Morgan fingerprint density at radius 1 is 0.727 bits per heavy atom. The molecule has 7 rings (SSSR count). The Morgan fingerprint density at radius 2 is 1.33 bits per heavy atom. The summed E-state index contributed by atoms with van der Waals surface area (Å²) in [5.41, 5.74) is 12.3. The normalized spacial score (nSPS) is 29.0. The minimum atomic E-state index is -1.58. The second-order valence-electron chi connectivity index (χ2n) is 17.6. The number of rotatable bonds is 16. The predicted octanol–water partition coefficient (Wildman–Crippen LogP) is 1.30. The van der Waals surface area contributed by atoms with Gasteiger partial charge in [-0.1, -0.05) is 13.8 Å². The van der Waals surface area contributed by atoms with E-state index in [1.165, 1.54) is 0 Å². The summed E-state index contributed by atoms with van der Waals surface area (Å²) in [6.45, 7) is 11.6. The van der Waals surface area contributed by atoms with Gasteiger partial charge in [-0.05, 0) is 92.6 Å². The standard InChI is InChI=1S/C47H65N5O14/c1-7-26-22(3)32-17-35-28(20-64-47-45(61)43(59)41(57)37(19-54)66-47)24(5)31(51-35)16-33-23(4)27(39(52-33)25(6)30-14-21(2)29(49-30)15-34(26)50-32)8-9-38(55)48-10-11-62-12-13-63-46-44(60)42(58)40(56)36(18-53)65-46/h14-17,23,27,36-37,40-47,50-51,53-54,56-61H,7-13,18-20H2,1-6H3,(H,48,55)/t23-,27-,36+,37+,40+,41+,42-,43-,44+,45+,46+,47+/m0/s1. The van der Waals surface area contributed by atoms with Gasteiger partial charge in [0.15, 0.2) is 12.6 Å². The lowest BCUT2D eigenvalue weighted by Crippen LogP contribution is -2.59. The Balaban J connectivity index is 1.12. The first kappa shape index (κ1) is 49.7. The highest BCUT2D eigenvalue weighted by Gasteiger charge is 2.45. The molecule has 2 fully saturated rings. The number of nitrogens with one attached hydrogen (secondary N) is 3. The molecule has 362 valence electrons. The van der Waals surface area contributed by atoms with Crippen molar-refractivity contribution in [3.05, 3.63) is 68.8 Å². The molecule has 1 amide bonds. The van der Waals surface area contributed by atoms with Crippen molar-refractivity contribution in [3.8, 4) is 0 Å². The molecular weight excluding hydrogens is 859 g/mol. The van der Waals surface area contributed by atoms with Crippen molar-refractivity contribution in [3.63, 3.8) is 0 Å². The lowest BCUT2D eigenvalue weighted by molar-refractivity contribution is -0.304. The van der Waals surface area contributed by atoms with Crippen molar-refractivity contribution in [2.45, 2.75) is 141 Å². The molecule has 3 aromatic rings. The molecule has 0 radical (unpaired) electrons. The molecule has 0 spiro atoms. The van der Waals surface area contributed by atoms with Gasteiger partial charge in [-0.3, -0.25) is 9.78 Å². The summed E-state index contributed by atoms with van der Waals surface area (Å²) < 4.78 is 28.2. The average molecular weight is 924 g/mol. The van der Waals surface area contributed by atoms with E-state index < -0.39 is 74.6 Å². The van der Waals surface area contributed by atoms with Crippen LogP contribution in [0.25, 0.3) is 33.7 Å². The molecule has 11 N–H and O–H groups in total. The van der Waals surface area contributed by atoms with Crippen molar-refractivity contribution in [2.24, 2.45) is 0 Å². The van der Waals surface area contributed by atoms with Gasteiger partial charge in [0.2, 0.25) is 5.91 Å². The van der Waals surface area contributed by atoms with Crippen LogP contribution >= 0.6 is 0 Å². The van der Waals surface area contributed by atoms with Crippen LogP contribution in [0.15, 0.2) is 18.2 Å². The first-order valence-electron chi connectivity index (χ1n) is 22.7. The maximum atomic E-state index is 13.2. The predicted molar refractivity (Wildman–Crippen MR) is 241 cm³/mol. The zero-order valence-electron chi connectivity index (χ0n) is 38.2. The van der Waals surface area contributed by atoms with Gasteiger partial charge in [0.05, 0.1) is 51.0 Å². The Bertz CT molecular complexity index is 2400. The highest BCUT2D eigenvalue weighted by Crippen LogP contribution is 2.42. The van der Waals surface area contributed by atoms with Gasteiger partial charge < -0.3 is 79.8 Å². The number of carbonyl (C=O) groups excluding carboxylic acids is 1. The van der Waals surface area contributed by atoms with E-state index >= 15 is 0 Å². The van der Waals surface area contributed by atoms with Gasteiger partial charge in [-0.15, -0.1) is 0 Å². The summed E-state index contributed by atoms with van der Waals surface area (Å²) in [6, 6.07) is 6.10. The zero-order chi connectivity index (χ0) is 47.6. The van der Waals surface area contributed by atoms with E-state index in [2.05, 4.69) is 48.2 Å². The van der Waals surface area contributed by atoms with E-state index in [9.17, 15) is 45.6 Å². The molecule has 4 aliphatic heterocycles. The number of amides is 1. The SMILES string of the molecule is CCc1c(C)c2cc3[nH]c(cc4nc(c(C)c5nc(cc1[nH]2)C(C)=C5)[C@@H](CCC(=O)NCCOCCO[C@@H]1O[C@H](CO)[C@@H](O)[C@H](O)[C@H]1O)[C@@H]4C)c(C)c3CO[C@@H]1O[C@H](CO)[C@@H](O)[C@H](O)[C@H]1O. The number of nitrogens with zero attached hydrogens (tertiary/aromatic N) is 2. The number of aromatic amines is 2. The quantitative estimate of drug-likeness (QED) is 0.0903. The van der Waals surface area contributed by atoms with Crippen LogP contribution < -0.4 is 5.32 Å². The van der Waals surface area contributed by atoms with Gasteiger partial charge >= 0.3 is 0 Å². The van der Waals surface area contributed by atoms with E-state index in [1.54, 1.807) is 0 Å². The Hall–Kier alpha value is -4.19. The van der Waals surface area contributed by atoms with E-state index in [4.69, 9.17) is 33.7 Å². The maximum Gasteiger partial charge on any atom is 0.220 e. The minimum absolute atomic E-state index is 0.00753. The molecule has 12 atom stereocenters. The molecule has 8 bridgehead atoms. The van der Waals surface area contributed by atoms with Crippen molar-refractivity contribution < 1.29 is 69.3 Å². The Labute approximate surface area is 382 Å². The second kappa shape index (κ2) is 21.4. The summed E-state index contributed by atoms with van der Waals surface area (Å²) >= 11 is 0. The topological polar surface area (TPSA) is 294 Å². The lowest BCUT2D eigenvalue weighted by atomic mass is 9.85. The number of carbonyl (C=O) groups is 1. The number of allylic oxidation sites excluding steroid dienone is 1. The summed E-state index contributed by atoms with van der Waals surface area (Å²) in [5, 5.41) is 83.7. The average Bonchev–Trinajstić information content (AvgIpc) is 4.01. The third kappa shape index (κ3) is 10.3. The van der Waals surface area contributed by atoms with Crippen LogP contribution in [-0.2, 0) is 41.5 Å². The molecule has 19 heteroatoms. The lowest BCUT2D eigenvalue weighted by Gasteiger charge is -2.39. The molecule has 0 aromatic carbocycles. The number of aryl methyl sites for hydroxylation is 3. The first-order valence-corrected chi connectivity index (χ1v) is 22.7. The largest absolute Gasteiger partial charge is 0.394 e. The van der Waals surface area contributed by atoms with Crippen molar-refractivity contribution >= 4 is 39.6 Å². The highest BCUT2D eigenvalue weighted by molar-refractivity contribution is 5.85. The smallest absolute Gasteiger partial charge is 0.220 e. The summed E-state index contributed by atoms with van der Waals surface area (Å²) in [4.78, 5) is 30.8. The Kier molecular flexibility index (Phi) is 16.1. The van der Waals surface area contributed by atoms with E-state index in [-0.39, 0.29) is 57.1 Å². The van der Waals surface area contributed by atoms with Crippen molar-refractivity contribution in [2.75, 3.05) is 39.6 Å². The number of H-pyrrole nitrogens is 2. The van der Waals surface area contributed by atoms with Crippen LogP contribution in [0.4, 0.5) is 0 Å². The van der Waals surface area contributed by atoms with Crippen molar-refractivity contribution in [1.29, 1.82) is 0 Å². The van der Waals surface area contributed by atoms with Gasteiger partial charge in [0.1, 0.15) is 48.8 Å². The van der Waals surface area contributed by atoms with Gasteiger partial charge in [0.25, 0.3) is 0 Å². The summed E-state index contributed by atoms with van der Waals surface area (Å²) in [6.07, 6.45) is -10.4. The minimum Gasteiger partial charge on any atom is -0.394 e. The molecule has 4 aliphatic rings. The number of aliphatic hydroxyl groups excluding tert-OH is 8. The van der Waals surface area contributed by atoms with E-state index in [0.717, 1.165) is 84.7 Å². The number of ether oxygens (including phenoxy) is 5. The van der Waals surface area contributed by atoms with Crippen LogP contribution in [-0.4, -0.2) is 168 Å². The van der Waals surface area contributed by atoms with Crippen LogP contribution in [0.1, 0.15) is 96.0 Å². The third-order valence-corrected chi connectivity index (χ3v) is 13.4. The number of aliphatic hydroxyl groups is 8. The monoisotopic (exact) mass is 923 g/mol. The molecule has 0 unspecified atom stereocenters. The fourth-order valence-corrected chi connectivity index (χ4v) is 9.18. The maximum absolute atomic E-state index is 13.2. The zero-order valence-corrected chi connectivity index (χ0v) is 38.2. The first-order chi connectivity index (χ1) is 31.6. The van der Waals surface area contributed by atoms with Crippen molar-refractivity contribution in [1.82, 2.24) is 25.3 Å². The highest BCUT2D eigenvalue weighted by atomic mass is 16.7. The van der Waals surface area contributed by atoms with Crippen LogP contribution in [0.5, 0.6) is 0 Å². The molecule has 19 nitrogen and oxygen atoms in total. The molecular formula is C47H65N5O14. The Morgan fingerprint density at radius 3 is 1.97 bits per heavy atom. The molecule has 7 heterocycles. The van der Waals surface area contributed by atoms with Crippen LogP contribution in [0, 0.1) is 20.8 Å². The third-order valence-electron chi connectivity index (χ3n) is 13.4. The molecule has 2 saturated heterocycles. The van der Waals surface area contributed by atoms with Gasteiger partial charge in [-0.2, -0.15) is 0 Å². The van der Waals surface area contributed by atoms with Gasteiger partial charge in [0, 0.05) is 63.8 Å². The second-order valence-corrected chi connectivity index (χ2v) is 17.6. The van der Waals surface area contributed by atoms with E-state index in [1.807, 2.05) is 32.9 Å². The molecule has 3 aromatic heterocycles. The fourth-order valence-electron chi connectivity index (χ4n) is 9.18. The summed E-state index contributed by atoms with van der Waals surface area (Å²) in [5.74, 6) is -0.392. The number of hydrogen-bond acceptors (Lipinski definition) is 16. The summed E-state index contributed by atoms with van der Waals surface area (Å²) in [7, 11) is 0. The van der Waals surface area contributed by atoms with Crippen LogP contribution in [0.3, 0.4) is 0 Å². The number of aromatic nitrogens is 4.